The topological polar surface area (TPSA) is 66.5 Å². The van der Waals surface area contributed by atoms with Gasteiger partial charge in [0, 0.05) is 5.69 Å². The number of para-hydroxylation sites is 1. The van der Waals surface area contributed by atoms with E-state index in [2.05, 4.69) is 5.32 Å². The lowest BCUT2D eigenvalue weighted by molar-refractivity contribution is -0.114. The summed E-state index contributed by atoms with van der Waals surface area (Å²) >= 11 is 0. The molecular weight excluding hydrogens is 398 g/mol. The van der Waals surface area contributed by atoms with Crippen molar-refractivity contribution >= 4 is 27.3 Å². The molecule has 0 aromatic heterocycles. The molecule has 3 aromatic rings. The van der Waals surface area contributed by atoms with Gasteiger partial charge in [-0.15, -0.1) is 0 Å². The molecule has 0 aliphatic carbocycles. The summed E-state index contributed by atoms with van der Waals surface area (Å²) in [5.74, 6) is -2.09. The van der Waals surface area contributed by atoms with Crippen LogP contribution in [0.5, 0.6) is 0 Å². The Hall–Kier alpha value is -3.26. The van der Waals surface area contributed by atoms with E-state index in [1.165, 1.54) is 48.5 Å². The minimum atomic E-state index is -4.23. The zero-order valence-corrected chi connectivity index (χ0v) is 16.3. The van der Waals surface area contributed by atoms with Gasteiger partial charge >= 0.3 is 0 Å². The van der Waals surface area contributed by atoms with E-state index in [0.29, 0.717) is 4.31 Å². The summed E-state index contributed by atoms with van der Waals surface area (Å²) < 4.78 is 54.7. The third kappa shape index (κ3) is 4.78. The first-order chi connectivity index (χ1) is 13.8. The highest BCUT2D eigenvalue weighted by Crippen LogP contribution is 2.26. The molecule has 0 unspecified atom stereocenters. The molecule has 0 aliphatic heterocycles. The van der Waals surface area contributed by atoms with Crippen molar-refractivity contribution in [3.05, 3.63) is 90.0 Å². The number of carbonyl (C=O) groups is 1. The van der Waals surface area contributed by atoms with Gasteiger partial charge in [-0.05, 0) is 49.4 Å². The van der Waals surface area contributed by atoms with Crippen molar-refractivity contribution in [2.45, 2.75) is 11.8 Å². The predicted molar refractivity (Wildman–Crippen MR) is 107 cm³/mol. The van der Waals surface area contributed by atoms with Gasteiger partial charge in [-0.2, -0.15) is 0 Å². The predicted octanol–water partition coefficient (Wildman–Crippen LogP) is 4.11. The number of benzene rings is 3. The summed E-state index contributed by atoms with van der Waals surface area (Å²) in [7, 11) is -4.23. The van der Waals surface area contributed by atoms with Crippen molar-refractivity contribution in [2.75, 3.05) is 16.2 Å². The van der Waals surface area contributed by atoms with Crippen LogP contribution in [0.25, 0.3) is 0 Å². The van der Waals surface area contributed by atoms with Gasteiger partial charge < -0.3 is 5.32 Å². The van der Waals surface area contributed by atoms with Crippen molar-refractivity contribution < 1.29 is 22.0 Å². The lowest BCUT2D eigenvalue weighted by Gasteiger charge is -2.24. The maximum Gasteiger partial charge on any atom is 0.264 e. The molecule has 150 valence electrons. The molecule has 5 nitrogen and oxygen atoms in total. The fraction of sp³-hybridized carbons (Fsp3) is 0.0952. The number of aryl methyl sites for hydroxylation is 1. The molecule has 29 heavy (non-hydrogen) atoms. The molecule has 0 saturated heterocycles. The number of halogens is 2. The maximum atomic E-state index is 14.4. The van der Waals surface area contributed by atoms with Gasteiger partial charge in [0.25, 0.3) is 10.0 Å². The lowest BCUT2D eigenvalue weighted by atomic mass is 10.2. The van der Waals surface area contributed by atoms with Crippen molar-refractivity contribution in [1.82, 2.24) is 0 Å². The molecule has 1 amide bonds. The number of carbonyl (C=O) groups excluding carboxylic acids is 1. The van der Waals surface area contributed by atoms with E-state index in [0.717, 1.165) is 17.7 Å². The van der Waals surface area contributed by atoms with E-state index in [-0.39, 0.29) is 16.3 Å². The Bertz CT molecular complexity index is 1130. The third-order valence-corrected chi connectivity index (χ3v) is 5.90. The summed E-state index contributed by atoms with van der Waals surface area (Å²) in [6.45, 7) is 1.12. The molecule has 3 rings (SSSR count). The van der Waals surface area contributed by atoms with Crippen LogP contribution in [0.4, 0.5) is 20.2 Å². The fourth-order valence-corrected chi connectivity index (χ4v) is 4.12. The summed E-state index contributed by atoms with van der Waals surface area (Å²) in [5.41, 5.74) is 0.754. The smallest absolute Gasteiger partial charge is 0.264 e. The quantitative estimate of drug-likeness (QED) is 0.658. The molecule has 3 aromatic carbocycles. The Kier molecular flexibility index (Phi) is 5.93. The van der Waals surface area contributed by atoms with Gasteiger partial charge in [-0.3, -0.25) is 9.10 Å². The van der Waals surface area contributed by atoms with Crippen LogP contribution in [0.2, 0.25) is 0 Å². The number of sulfonamides is 1. The zero-order valence-electron chi connectivity index (χ0n) is 15.5. The van der Waals surface area contributed by atoms with Crippen LogP contribution >= 0.6 is 0 Å². The normalized spacial score (nSPS) is 11.1. The molecule has 0 saturated carbocycles. The van der Waals surface area contributed by atoms with Crippen molar-refractivity contribution in [1.29, 1.82) is 0 Å². The SMILES string of the molecule is Cc1ccc(S(=O)(=O)N(CC(=O)Nc2cccc(F)c2)c2ccccc2F)cc1. The summed E-state index contributed by atoms with van der Waals surface area (Å²) in [4.78, 5) is 12.4. The van der Waals surface area contributed by atoms with Crippen LogP contribution in [0.3, 0.4) is 0 Å². The van der Waals surface area contributed by atoms with Gasteiger partial charge in [0.15, 0.2) is 0 Å². The maximum absolute atomic E-state index is 14.4. The minimum Gasteiger partial charge on any atom is -0.324 e. The van der Waals surface area contributed by atoms with E-state index in [9.17, 15) is 22.0 Å². The molecule has 0 radical (unpaired) electrons. The second kappa shape index (κ2) is 8.40. The molecule has 0 aliphatic rings. The molecular formula is C21H18F2N2O3S. The number of anilines is 2. The van der Waals surface area contributed by atoms with Gasteiger partial charge in [-0.25, -0.2) is 17.2 Å². The monoisotopic (exact) mass is 416 g/mol. The number of amides is 1. The van der Waals surface area contributed by atoms with Gasteiger partial charge in [0.05, 0.1) is 10.6 Å². The average molecular weight is 416 g/mol. The Morgan fingerprint density at radius 3 is 2.31 bits per heavy atom. The Balaban J connectivity index is 1.96. The summed E-state index contributed by atoms with van der Waals surface area (Å²) in [6, 6.07) is 16.5. The van der Waals surface area contributed by atoms with Crippen LogP contribution in [-0.4, -0.2) is 20.9 Å². The third-order valence-electron chi connectivity index (χ3n) is 4.13. The van der Waals surface area contributed by atoms with E-state index in [4.69, 9.17) is 0 Å². The first-order valence-electron chi connectivity index (χ1n) is 8.67. The number of nitrogens with one attached hydrogen (secondary N) is 1. The van der Waals surface area contributed by atoms with E-state index in [1.54, 1.807) is 19.1 Å². The number of hydrogen-bond acceptors (Lipinski definition) is 3. The first-order valence-corrected chi connectivity index (χ1v) is 10.1. The molecule has 0 fully saturated rings. The van der Waals surface area contributed by atoms with Crippen LogP contribution in [0.1, 0.15) is 5.56 Å². The average Bonchev–Trinajstić information content (AvgIpc) is 2.67. The van der Waals surface area contributed by atoms with Gasteiger partial charge in [-0.1, -0.05) is 35.9 Å². The second-order valence-electron chi connectivity index (χ2n) is 6.33. The van der Waals surface area contributed by atoms with Crippen molar-refractivity contribution in [3.8, 4) is 0 Å². The zero-order chi connectivity index (χ0) is 21.0. The standard InChI is InChI=1S/C21H18F2N2O3S/c1-15-9-11-18(12-10-15)29(27,28)25(20-8-3-2-7-19(20)23)14-21(26)24-17-6-4-5-16(22)13-17/h2-13H,14H2,1H3,(H,24,26). The molecule has 0 bridgehead atoms. The van der Waals surface area contributed by atoms with Gasteiger partial charge in [0.2, 0.25) is 5.91 Å². The van der Waals surface area contributed by atoms with Crippen LogP contribution in [0, 0.1) is 18.6 Å². The van der Waals surface area contributed by atoms with E-state index in [1.807, 2.05) is 0 Å². The van der Waals surface area contributed by atoms with E-state index < -0.39 is 34.1 Å². The molecule has 8 heteroatoms. The molecule has 1 N–H and O–H groups in total. The largest absolute Gasteiger partial charge is 0.324 e. The molecule has 0 heterocycles. The molecule has 0 atom stereocenters. The number of hydrogen-bond donors (Lipinski definition) is 1. The highest BCUT2D eigenvalue weighted by molar-refractivity contribution is 7.92. The minimum absolute atomic E-state index is 0.0788. The van der Waals surface area contributed by atoms with Crippen molar-refractivity contribution in [3.63, 3.8) is 0 Å². The van der Waals surface area contributed by atoms with Crippen molar-refractivity contribution in [2.24, 2.45) is 0 Å². The Labute approximate surface area is 167 Å². The summed E-state index contributed by atoms with van der Waals surface area (Å²) in [6.07, 6.45) is 0. The van der Waals surface area contributed by atoms with E-state index >= 15 is 0 Å². The van der Waals surface area contributed by atoms with Crippen LogP contribution in [0.15, 0.2) is 77.7 Å². The second-order valence-corrected chi connectivity index (χ2v) is 8.20. The highest BCUT2D eigenvalue weighted by atomic mass is 32.2. The first kappa shape index (κ1) is 20.5. The number of nitrogens with zero attached hydrogens (tertiary/aromatic N) is 1. The number of rotatable bonds is 6. The fourth-order valence-electron chi connectivity index (χ4n) is 2.69. The highest BCUT2D eigenvalue weighted by Gasteiger charge is 2.29. The van der Waals surface area contributed by atoms with Gasteiger partial charge in [0.1, 0.15) is 18.2 Å². The van der Waals surface area contributed by atoms with Crippen LogP contribution < -0.4 is 9.62 Å². The van der Waals surface area contributed by atoms with Crippen LogP contribution in [-0.2, 0) is 14.8 Å². The Morgan fingerprint density at radius 1 is 0.966 bits per heavy atom. The summed E-state index contributed by atoms with van der Waals surface area (Å²) in [5, 5.41) is 2.43. The molecule has 0 spiro atoms. The Morgan fingerprint density at radius 2 is 1.66 bits per heavy atom. The lowest BCUT2D eigenvalue weighted by Crippen LogP contribution is -2.38.